The molecule has 0 aromatic heterocycles. The number of hydrogen-bond acceptors (Lipinski definition) is 3. The molecule has 0 bridgehead atoms. The molecule has 1 N–H and O–H groups in total. The van der Waals surface area contributed by atoms with Crippen LogP contribution in [0.15, 0.2) is 30.3 Å². The van der Waals surface area contributed by atoms with Crippen molar-refractivity contribution in [3.8, 4) is 11.5 Å². The zero-order chi connectivity index (χ0) is 14.1. The smallest absolute Gasteiger partial charge is 0.231 e. The average Bonchev–Trinajstić information content (AvgIpc) is 2.89. The zero-order valence-electron chi connectivity index (χ0n) is 10.3. The van der Waals surface area contributed by atoms with Crippen molar-refractivity contribution in [3.05, 3.63) is 51.0 Å². The van der Waals surface area contributed by atoms with Gasteiger partial charge in [-0.25, -0.2) is 0 Å². The normalized spacial score (nSPS) is 12.6. The highest BCUT2D eigenvalue weighted by Gasteiger charge is 2.18. The fraction of sp³-hybridized carbons (Fsp3) is 0.143. The van der Waals surface area contributed by atoms with Gasteiger partial charge in [0.1, 0.15) is 0 Å². The van der Waals surface area contributed by atoms with E-state index in [-0.39, 0.29) is 6.79 Å². The average molecular weight is 331 g/mol. The minimum atomic E-state index is 0.200. The number of nitrogens with one attached hydrogen (secondary N) is 1. The van der Waals surface area contributed by atoms with Crippen LogP contribution in [0.1, 0.15) is 5.56 Å². The minimum absolute atomic E-state index is 0.200. The number of fused-ring (bicyclic) bond motifs is 1. The van der Waals surface area contributed by atoms with Gasteiger partial charge in [-0.05, 0) is 35.9 Å². The minimum Gasteiger partial charge on any atom is -0.454 e. The second-order valence-corrected chi connectivity index (χ2v) is 5.54. The summed E-state index contributed by atoms with van der Waals surface area (Å²) in [6.07, 6.45) is 0. The lowest BCUT2D eigenvalue weighted by molar-refractivity contribution is 0.174. The van der Waals surface area contributed by atoms with Crippen molar-refractivity contribution in [2.24, 2.45) is 0 Å². The summed E-state index contributed by atoms with van der Waals surface area (Å²) in [4.78, 5) is 0. The third-order valence-corrected chi connectivity index (χ3v) is 3.74. The van der Waals surface area contributed by atoms with Gasteiger partial charge < -0.3 is 14.8 Å². The molecule has 0 spiro atoms. The van der Waals surface area contributed by atoms with Gasteiger partial charge in [-0.3, -0.25) is 0 Å². The van der Waals surface area contributed by atoms with Gasteiger partial charge in [-0.2, -0.15) is 0 Å². The van der Waals surface area contributed by atoms with E-state index in [1.54, 1.807) is 18.2 Å². The van der Waals surface area contributed by atoms with E-state index in [2.05, 4.69) is 5.32 Å². The summed E-state index contributed by atoms with van der Waals surface area (Å²) < 4.78 is 10.6. The van der Waals surface area contributed by atoms with Crippen LogP contribution in [0.5, 0.6) is 11.5 Å². The van der Waals surface area contributed by atoms with Gasteiger partial charge in [0.25, 0.3) is 0 Å². The molecule has 0 unspecified atom stereocenters. The predicted octanol–water partition coefficient (Wildman–Crippen LogP) is 4.99. The Morgan fingerprint density at radius 1 is 1.00 bits per heavy atom. The Labute approximate surface area is 131 Å². The number of rotatable bonds is 3. The third-order valence-electron chi connectivity index (χ3n) is 2.90. The molecule has 104 valence electrons. The van der Waals surface area contributed by atoms with Crippen LogP contribution in [0.3, 0.4) is 0 Å². The molecule has 2 aromatic rings. The van der Waals surface area contributed by atoms with E-state index in [4.69, 9.17) is 44.3 Å². The Morgan fingerprint density at radius 3 is 2.70 bits per heavy atom. The van der Waals surface area contributed by atoms with Gasteiger partial charge in [0.05, 0.1) is 15.7 Å². The molecule has 0 saturated heterocycles. The molecule has 0 saturated carbocycles. The zero-order valence-corrected chi connectivity index (χ0v) is 12.5. The standard InChI is InChI=1S/C14H10Cl3NO2/c15-9-1-2-10(16)12(5-9)18-6-8-3-11(17)14-13(4-8)19-7-20-14/h1-5,18H,6-7H2. The molecule has 1 aliphatic rings. The molecule has 6 heteroatoms. The van der Waals surface area contributed by atoms with Crippen molar-refractivity contribution in [1.29, 1.82) is 0 Å². The highest BCUT2D eigenvalue weighted by molar-refractivity contribution is 6.35. The van der Waals surface area contributed by atoms with Crippen molar-refractivity contribution in [2.45, 2.75) is 6.54 Å². The molecule has 0 radical (unpaired) electrons. The fourth-order valence-corrected chi connectivity index (χ4v) is 2.60. The number of anilines is 1. The van der Waals surface area contributed by atoms with Crippen LogP contribution in [0.25, 0.3) is 0 Å². The van der Waals surface area contributed by atoms with Gasteiger partial charge in [-0.1, -0.05) is 34.8 Å². The molecule has 20 heavy (non-hydrogen) atoms. The van der Waals surface area contributed by atoms with Crippen molar-refractivity contribution in [1.82, 2.24) is 0 Å². The Morgan fingerprint density at radius 2 is 1.85 bits per heavy atom. The van der Waals surface area contributed by atoms with Crippen LogP contribution in [0, 0.1) is 0 Å². The Kier molecular flexibility index (Phi) is 3.83. The summed E-state index contributed by atoms with van der Waals surface area (Å²) in [7, 11) is 0. The Bertz CT molecular complexity index is 661. The lowest BCUT2D eigenvalue weighted by Gasteiger charge is -2.10. The van der Waals surface area contributed by atoms with E-state index in [0.717, 1.165) is 11.3 Å². The van der Waals surface area contributed by atoms with Gasteiger partial charge in [-0.15, -0.1) is 0 Å². The monoisotopic (exact) mass is 329 g/mol. The van der Waals surface area contributed by atoms with E-state index < -0.39 is 0 Å². The predicted molar refractivity (Wildman–Crippen MR) is 81.4 cm³/mol. The van der Waals surface area contributed by atoms with Crippen molar-refractivity contribution >= 4 is 40.5 Å². The first-order valence-corrected chi connectivity index (χ1v) is 7.04. The molecule has 0 amide bonds. The number of benzene rings is 2. The van der Waals surface area contributed by atoms with E-state index in [0.29, 0.717) is 33.1 Å². The number of hydrogen-bond donors (Lipinski definition) is 1. The topological polar surface area (TPSA) is 30.5 Å². The quantitative estimate of drug-likeness (QED) is 0.860. The number of ether oxygens (including phenoxy) is 2. The molecule has 0 fully saturated rings. The second-order valence-electron chi connectivity index (χ2n) is 4.29. The summed E-state index contributed by atoms with van der Waals surface area (Å²) in [6, 6.07) is 8.99. The fourth-order valence-electron chi connectivity index (χ4n) is 1.95. The van der Waals surface area contributed by atoms with Crippen LogP contribution >= 0.6 is 34.8 Å². The van der Waals surface area contributed by atoms with Crippen LogP contribution < -0.4 is 14.8 Å². The van der Waals surface area contributed by atoms with Crippen molar-refractivity contribution < 1.29 is 9.47 Å². The summed E-state index contributed by atoms with van der Waals surface area (Å²) in [5, 5.41) is 4.99. The van der Waals surface area contributed by atoms with Crippen LogP contribution in [-0.2, 0) is 6.54 Å². The maximum Gasteiger partial charge on any atom is 0.231 e. The highest BCUT2D eigenvalue weighted by atomic mass is 35.5. The van der Waals surface area contributed by atoms with Crippen LogP contribution in [0.2, 0.25) is 15.1 Å². The van der Waals surface area contributed by atoms with E-state index in [1.807, 2.05) is 12.1 Å². The molecular formula is C14H10Cl3NO2. The Hall–Kier alpha value is -1.29. The molecule has 2 aromatic carbocycles. The maximum atomic E-state index is 6.13. The van der Waals surface area contributed by atoms with Crippen LogP contribution in [0.4, 0.5) is 5.69 Å². The van der Waals surface area contributed by atoms with E-state index in [9.17, 15) is 0 Å². The van der Waals surface area contributed by atoms with Gasteiger partial charge in [0.15, 0.2) is 11.5 Å². The first-order valence-electron chi connectivity index (χ1n) is 5.90. The number of halogens is 3. The van der Waals surface area contributed by atoms with Crippen molar-refractivity contribution in [2.75, 3.05) is 12.1 Å². The van der Waals surface area contributed by atoms with E-state index in [1.165, 1.54) is 0 Å². The molecule has 3 rings (SSSR count). The second kappa shape index (κ2) is 5.60. The van der Waals surface area contributed by atoms with Gasteiger partial charge in [0.2, 0.25) is 6.79 Å². The third kappa shape index (κ3) is 2.75. The molecule has 0 atom stereocenters. The molecule has 1 aliphatic heterocycles. The van der Waals surface area contributed by atoms with Crippen molar-refractivity contribution in [3.63, 3.8) is 0 Å². The summed E-state index contributed by atoms with van der Waals surface area (Å²) in [5.41, 5.74) is 1.74. The highest BCUT2D eigenvalue weighted by Crippen LogP contribution is 2.40. The van der Waals surface area contributed by atoms with Gasteiger partial charge >= 0.3 is 0 Å². The largest absolute Gasteiger partial charge is 0.454 e. The lowest BCUT2D eigenvalue weighted by Crippen LogP contribution is -2.00. The lowest BCUT2D eigenvalue weighted by atomic mass is 10.2. The van der Waals surface area contributed by atoms with E-state index >= 15 is 0 Å². The summed E-state index contributed by atoms with van der Waals surface area (Å²) >= 11 is 18.2. The molecule has 1 heterocycles. The first kappa shape index (κ1) is 13.7. The van der Waals surface area contributed by atoms with Crippen LogP contribution in [-0.4, -0.2) is 6.79 Å². The SMILES string of the molecule is Clc1ccc(Cl)c(NCc2cc(Cl)c3c(c2)OCO3)c1. The summed E-state index contributed by atoms with van der Waals surface area (Å²) in [6.45, 7) is 0.752. The molecule has 0 aliphatic carbocycles. The Balaban J connectivity index is 1.79. The maximum absolute atomic E-state index is 6.13. The molecular weight excluding hydrogens is 321 g/mol. The van der Waals surface area contributed by atoms with Gasteiger partial charge in [0, 0.05) is 11.6 Å². The first-order chi connectivity index (χ1) is 9.63. The molecule has 3 nitrogen and oxygen atoms in total. The summed E-state index contributed by atoms with van der Waals surface area (Å²) in [5.74, 6) is 1.25.